The van der Waals surface area contributed by atoms with Crippen LogP contribution in [-0.4, -0.2) is 48.8 Å². The van der Waals surface area contributed by atoms with Gasteiger partial charge in [-0.3, -0.25) is 9.40 Å². The van der Waals surface area contributed by atoms with Crippen molar-refractivity contribution in [2.45, 2.75) is 57.7 Å². The van der Waals surface area contributed by atoms with Crippen molar-refractivity contribution >= 4 is 32.9 Å². The molecule has 4 rings (SSSR count). The van der Waals surface area contributed by atoms with Crippen LogP contribution in [0.3, 0.4) is 0 Å². The van der Waals surface area contributed by atoms with Crippen molar-refractivity contribution in [1.82, 2.24) is 20.3 Å². The fourth-order valence-corrected chi connectivity index (χ4v) is 5.27. The number of aromatic nitrogens is 3. The number of amides is 1. The van der Waals surface area contributed by atoms with E-state index in [2.05, 4.69) is 20.3 Å². The van der Waals surface area contributed by atoms with Crippen LogP contribution in [0.15, 0.2) is 52.1 Å². The molecule has 0 bridgehead atoms. The normalized spacial score (nSPS) is 11.6. The fraction of sp³-hybridized carbons (Fsp3) is 0.357. The van der Waals surface area contributed by atoms with Gasteiger partial charge < -0.3 is 24.1 Å². The number of sulfonamides is 1. The number of nitrogens with one attached hydrogen (secondary N) is 2. The SMILES string of the molecule is CCc1ccc(OCC#N)c(S(=O)(=O)Nc2noc3cc(Cn4cc(CNC(=O)OC(C)(C)C)cn4)cc(OC)c23)c1. The van der Waals surface area contributed by atoms with Crippen LogP contribution in [0, 0.1) is 11.3 Å². The molecule has 0 saturated heterocycles. The molecule has 222 valence electrons. The van der Waals surface area contributed by atoms with Crippen LogP contribution >= 0.6 is 0 Å². The maximum Gasteiger partial charge on any atom is 0.407 e. The van der Waals surface area contributed by atoms with E-state index < -0.39 is 21.7 Å². The summed E-state index contributed by atoms with van der Waals surface area (Å²) >= 11 is 0. The molecule has 13 nitrogen and oxygen atoms in total. The molecule has 2 heterocycles. The highest BCUT2D eigenvalue weighted by molar-refractivity contribution is 7.92. The summed E-state index contributed by atoms with van der Waals surface area (Å²) in [6.45, 7) is 7.53. The van der Waals surface area contributed by atoms with E-state index in [4.69, 9.17) is 24.0 Å². The molecule has 0 atom stereocenters. The Hall–Kier alpha value is -4.77. The van der Waals surface area contributed by atoms with Crippen molar-refractivity contribution in [3.05, 3.63) is 59.4 Å². The van der Waals surface area contributed by atoms with E-state index in [1.807, 2.05) is 13.0 Å². The van der Waals surface area contributed by atoms with Gasteiger partial charge in [0, 0.05) is 18.3 Å². The predicted octanol–water partition coefficient (Wildman–Crippen LogP) is 4.37. The summed E-state index contributed by atoms with van der Waals surface area (Å²) < 4.78 is 52.7. The van der Waals surface area contributed by atoms with Crippen molar-refractivity contribution in [2.75, 3.05) is 18.4 Å². The predicted molar refractivity (Wildman–Crippen MR) is 153 cm³/mol. The van der Waals surface area contributed by atoms with Gasteiger partial charge in [0.2, 0.25) is 0 Å². The smallest absolute Gasteiger partial charge is 0.407 e. The number of ether oxygens (including phenoxy) is 3. The molecule has 0 aliphatic rings. The molecule has 0 saturated carbocycles. The zero-order chi connectivity index (χ0) is 30.5. The quantitative estimate of drug-likeness (QED) is 0.253. The molecule has 14 heteroatoms. The molecule has 0 spiro atoms. The maximum absolute atomic E-state index is 13.4. The van der Waals surface area contributed by atoms with Gasteiger partial charge in [0.25, 0.3) is 10.0 Å². The minimum Gasteiger partial charge on any atom is -0.496 e. The van der Waals surface area contributed by atoms with Crippen molar-refractivity contribution in [3.8, 4) is 17.6 Å². The number of benzene rings is 2. The Kier molecular flexibility index (Phi) is 8.91. The second kappa shape index (κ2) is 12.4. The van der Waals surface area contributed by atoms with E-state index in [0.29, 0.717) is 29.7 Å². The number of aryl methyl sites for hydroxylation is 1. The van der Waals surface area contributed by atoms with Crippen molar-refractivity contribution < 1.29 is 31.9 Å². The lowest BCUT2D eigenvalue weighted by Crippen LogP contribution is -2.32. The Morgan fingerprint density at radius 3 is 2.62 bits per heavy atom. The van der Waals surface area contributed by atoms with Gasteiger partial charge in [0.1, 0.15) is 33.5 Å². The molecule has 1 amide bonds. The molecular formula is C28H32N6O7S. The summed E-state index contributed by atoms with van der Waals surface area (Å²) in [5.74, 6) is 0.322. The van der Waals surface area contributed by atoms with Crippen molar-refractivity contribution in [2.24, 2.45) is 0 Å². The van der Waals surface area contributed by atoms with E-state index >= 15 is 0 Å². The number of hydrogen-bond acceptors (Lipinski definition) is 10. The number of nitrogens with zero attached hydrogens (tertiary/aromatic N) is 4. The Labute approximate surface area is 243 Å². The molecule has 42 heavy (non-hydrogen) atoms. The van der Waals surface area contributed by atoms with Gasteiger partial charge in [0.05, 0.1) is 19.9 Å². The fourth-order valence-electron chi connectivity index (χ4n) is 4.07. The lowest BCUT2D eigenvalue weighted by molar-refractivity contribution is 0.0523. The maximum atomic E-state index is 13.4. The van der Waals surface area contributed by atoms with Gasteiger partial charge >= 0.3 is 6.09 Å². The van der Waals surface area contributed by atoms with Gasteiger partial charge in [-0.1, -0.05) is 18.1 Å². The monoisotopic (exact) mass is 596 g/mol. The Morgan fingerprint density at radius 1 is 1.14 bits per heavy atom. The average molecular weight is 597 g/mol. The Bertz CT molecular complexity index is 1730. The number of alkyl carbamates (subject to hydrolysis) is 1. The lowest BCUT2D eigenvalue weighted by Gasteiger charge is -2.19. The first-order chi connectivity index (χ1) is 19.9. The summed E-state index contributed by atoms with van der Waals surface area (Å²) in [4.78, 5) is 11.8. The van der Waals surface area contributed by atoms with Crippen molar-refractivity contribution in [3.63, 3.8) is 0 Å². The van der Waals surface area contributed by atoms with Crippen LogP contribution < -0.4 is 19.5 Å². The number of hydrogen-bond donors (Lipinski definition) is 2. The van der Waals surface area contributed by atoms with Gasteiger partial charge in [0.15, 0.2) is 18.0 Å². The highest BCUT2D eigenvalue weighted by Crippen LogP contribution is 2.36. The molecule has 0 aliphatic heterocycles. The first-order valence-corrected chi connectivity index (χ1v) is 14.5. The Morgan fingerprint density at radius 2 is 1.93 bits per heavy atom. The lowest BCUT2D eigenvalue weighted by atomic mass is 10.1. The van der Waals surface area contributed by atoms with Gasteiger partial charge in [-0.05, 0) is 62.6 Å². The van der Waals surface area contributed by atoms with E-state index in [1.54, 1.807) is 56.0 Å². The van der Waals surface area contributed by atoms with Gasteiger partial charge in [-0.15, -0.1) is 0 Å². The third-order valence-corrected chi connectivity index (χ3v) is 7.27. The topological polar surface area (TPSA) is 171 Å². The van der Waals surface area contributed by atoms with E-state index in [1.165, 1.54) is 19.2 Å². The standard InChI is InChI=1S/C28H32N6O7S/c1-6-18-7-8-21(39-10-9-29)24(13-18)42(36,37)33-26-25-22(38-5)11-19(12-23(25)41-32-26)16-34-17-20(15-31-34)14-30-27(35)40-28(2,3)4/h7-8,11-13,15,17H,6,10,14,16H2,1-5H3,(H,30,35)(H,32,33). The number of fused-ring (bicyclic) bond motifs is 1. The number of carbonyl (C=O) groups is 1. The summed E-state index contributed by atoms with van der Waals surface area (Å²) in [5.41, 5.74) is 2.00. The van der Waals surface area contributed by atoms with Crippen LogP contribution in [0.1, 0.15) is 44.4 Å². The van der Waals surface area contributed by atoms with E-state index in [9.17, 15) is 13.2 Å². The number of methoxy groups -OCH3 is 1. The van der Waals surface area contributed by atoms with Gasteiger partial charge in [-0.2, -0.15) is 10.4 Å². The van der Waals surface area contributed by atoms with Crippen LogP contribution in [0.5, 0.6) is 11.5 Å². The molecule has 2 aromatic carbocycles. The minimum atomic E-state index is -4.19. The molecule has 0 aliphatic carbocycles. The molecule has 0 unspecified atom stereocenters. The van der Waals surface area contributed by atoms with Crippen LogP contribution in [0.4, 0.5) is 10.6 Å². The number of anilines is 1. The largest absolute Gasteiger partial charge is 0.496 e. The number of carbonyl (C=O) groups excluding carboxylic acids is 1. The summed E-state index contributed by atoms with van der Waals surface area (Å²) in [5, 5.41) is 20.2. The highest BCUT2D eigenvalue weighted by atomic mass is 32.2. The average Bonchev–Trinajstić information content (AvgIpc) is 3.55. The number of nitriles is 1. The van der Waals surface area contributed by atoms with Crippen molar-refractivity contribution in [1.29, 1.82) is 5.26 Å². The van der Waals surface area contributed by atoms with E-state index in [0.717, 1.165) is 16.7 Å². The second-order valence-corrected chi connectivity index (χ2v) is 11.9. The zero-order valence-electron chi connectivity index (χ0n) is 23.9. The first-order valence-electron chi connectivity index (χ1n) is 13.0. The third kappa shape index (κ3) is 7.29. The Balaban J connectivity index is 1.55. The summed E-state index contributed by atoms with van der Waals surface area (Å²) in [6, 6.07) is 10.0. The second-order valence-electron chi connectivity index (χ2n) is 10.3. The van der Waals surface area contributed by atoms with E-state index in [-0.39, 0.29) is 29.6 Å². The summed E-state index contributed by atoms with van der Waals surface area (Å²) in [6.07, 6.45) is 3.50. The minimum absolute atomic E-state index is 0.0446. The molecule has 0 radical (unpaired) electrons. The van der Waals surface area contributed by atoms with Gasteiger partial charge in [-0.25, -0.2) is 13.2 Å². The highest BCUT2D eigenvalue weighted by Gasteiger charge is 2.25. The first kappa shape index (κ1) is 30.2. The number of rotatable bonds is 11. The summed E-state index contributed by atoms with van der Waals surface area (Å²) in [7, 11) is -2.73. The van der Waals surface area contributed by atoms with Crippen LogP contribution in [-0.2, 0) is 34.3 Å². The van der Waals surface area contributed by atoms with Crippen LogP contribution in [0.25, 0.3) is 11.0 Å². The third-order valence-electron chi connectivity index (χ3n) is 5.91. The van der Waals surface area contributed by atoms with Crippen LogP contribution in [0.2, 0.25) is 0 Å². The molecule has 2 aromatic heterocycles. The zero-order valence-corrected chi connectivity index (χ0v) is 24.7. The molecule has 2 N–H and O–H groups in total. The molecular weight excluding hydrogens is 564 g/mol. The molecule has 0 fully saturated rings. The molecule has 4 aromatic rings.